The van der Waals surface area contributed by atoms with Crippen LogP contribution in [0.1, 0.15) is 23.5 Å². The van der Waals surface area contributed by atoms with Crippen LogP contribution in [0.4, 0.5) is 5.69 Å². The Morgan fingerprint density at radius 2 is 1.57 bits per heavy atom. The molecule has 1 heterocycles. The molecule has 2 atom stereocenters. The maximum atomic E-state index is 2.67. The molecule has 0 radical (unpaired) electrons. The SMILES string of the molecule is Cc1ccccc1N1CCN(C[C@H]2C[C@@H]2c2ccccc2)CC1. The Morgan fingerprint density at radius 3 is 2.30 bits per heavy atom. The van der Waals surface area contributed by atoms with Crippen molar-refractivity contribution in [2.45, 2.75) is 19.3 Å². The molecule has 2 heteroatoms. The molecule has 120 valence electrons. The van der Waals surface area contributed by atoms with E-state index >= 15 is 0 Å². The number of rotatable bonds is 4. The average molecular weight is 306 g/mol. The summed E-state index contributed by atoms with van der Waals surface area (Å²) in [5.41, 5.74) is 4.35. The second kappa shape index (κ2) is 6.37. The first-order valence-electron chi connectivity index (χ1n) is 8.89. The number of para-hydroxylation sites is 1. The maximum Gasteiger partial charge on any atom is 0.0396 e. The average Bonchev–Trinajstić information content (AvgIpc) is 3.36. The molecule has 1 saturated heterocycles. The zero-order chi connectivity index (χ0) is 15.6. The Labute approximate surface area is 139 Å². The molecule has 2 aromatic carbocycles. The summed E-state index contributed by atoms with van der Waals surface area (Å²) in [7, 11) is 0. The molecule has 0 amide bonds. The van der Waals surface area contributed by atoms with E-state index in [1.165, 1.54) is 42.9 Å². The summed E-state index contributed by atoms with van der Waals surface area (Å²) < 4.78 is 0. The quantitative estimate of drug-likeness (QED) is 0.845. The summed E-state index contributed by atoms with van der Waals surface area (Å²) in [4.78, 5) is 5.22. The van der Waals surface area contributed by atoms with Crippen molar-refractivity contribution in [3.8, 4) is 0 Å². The number of benzene rings is 2. The molecule has 2 aliphatic rings. The third-order valence-electron chi connectivity index (χ3n) is 5.47. The van der Waals surface area contributed by atoms with E-state index in [1.54, 1.807) is 0 Å². The third-order valence-corrected chi connectivity index (χ3v) is 5.47. The number of anilines is 1. The zero-order valence-electron chi connectivity index (χ0n) is 14.0. The fraction of sp³-hybridized carbons (Fsp3) is 0.429. The van der Waals surface area contributed by atoms with Gasteiger partial charge in [-0.3, -0.25) is 4.90 Å². The molecule has 1 aliphatic heterocycles. The van der Waals surface area contributed by atoms with Crippen LogP contribution in [0, 0.1) is 12.8 Å². The Hall–Kier alpha value is -1.80. The van der Waals surface area contributed by atoms with E-state index in [0.717, 1.165) is 24.9 Å². The molecule has 0 spiro atoms. The molecule has 0 bridgehead atoms. The van der Waals surface area contributed by atoms with Crippen molar-refractivity contribution in [2.75, 3.05) is 37.6 Å². The molecule has 4 rings (SSSR count). The molecule has 2 fully saturated rings. The van der Waals surface area contributed by atoms with Crippen LogP contribution in [-0.2, 0) is 0 Å². The Balaban J connectivity index is 1.29. The molecule has 0 unspecified atom stereocenters. The third kappa shape index (κ3) is 3.28. The zero-order valence-corrected chi connectivity index (χ0v) is 14.0. The highest BCUT2D eigenvalue weighted by Gasteiger charge is 2.39. The normalized spacial score (nSPS) is 24.7. The highest BCUT2D eigenvalue weighted by Crippen LogP contribution is 2.47. The van der Waals surface area contributed by atoms with Crippen LogP contribution in [0.15, 0.2) is 54.6 Å². The second-order valence-corrected chi connectivity index (χ2v) is 7.09. The van der Waals surface area contributed by atoms with E-state index in [4.69, 9.17) is 0 Å². The van der Waals surface area contributed by atoms with E-state index in [2.05, 4.69) is 71.3 Å². The number of nitrogens with zero attached hydrogens (tertiary/aromatic N) is 2. The number of hydrogen-bond donors (Lipinski definition) is 0. The van der Waals surface area contributed by atoms with Crippen LogP contribution < -0.4 is 4.90 Å². The van der Waals surface area contributed by atoms with Crippen molar-refractivity contribution in [3.63, 3.8) is 0 Å². The van der Waals surface area contributed by atoms with Gasteiger partial charge in [0, 0.05) is 38.4 Å². The van der Waals surface area contributed by atoms with Gasteiger partial charge in [0.25, 0.3) is 0 Å². The second-order valence-electron chi connectivity index (χ2n) is 7.09. The van der Waals surface area contributed by atoms with Crippen molar-refractivity contribution in [1.82, 2.24) is 4.90 Å². The largest absolute Gasteiger partial charge is 0.369 e. The minimum absolute atomic E-state index is 0.811. The van der Waals surface area contributed by atoms with Gasteiger partial charge in [0.2, 0.25) is 0 Å². The fourth-order valence-corrected chi connectivity index (χ4v) is 3.98. The summed E-state index contributed by atoms with van der Waals surface area (Å²) in [5, 5.41) is 0. The monoisotopic (exact) mass is 306 g/mol. The summed E-state index contributed by atoms with van der Waals surface area (Å²) in [6.07, 6.45) is 1.38. The molecule has 0 N–H and O–H groups in total. The maximum absolute atomic E-state index is 2.67. The Morgan fingerprint density at radius 1 is 0.870 bits per heavy atom. The van der Waals surface area contributed by atoms with Gasteiger partial charge in [-0.05, 0) is 42.4 Å². The Bertz CT molecular complexity index is 644. The van der Waals surface area contributed by atoms with Crippen molar-refractivity contribution < 1.29 is 0 Å². The van der Waals surface area contributed by atoms with Crippen molar-refractivity contribution in [2.24, 2.45) is 5.92 Å². The van der Waals surface area contributed by atoms with Crippen LogP contribution in [-0.4, -0.2) is 37.6 Å². The lowest BCUT2D eigenvalue weighted by molar-refractivity contribution is 0.246. The predicted molar refractivity (Wildman–Crippen MR) is 97.1 cm³/mol. The van der Waals surface area contributed by atoms with E-state index in [1.807, 2.05) is 0 Å². The molecule has 23 heavy (non-hydrogen) atoms. The lowest BCUT2D eigenvalue weighted by atomic mass is 10.1. The van der Waals surface area contributed by atoms with Gasteiger partial charge in [-0.15, -0.1) is 0 Å². The van der Waals surface area contributed by atoms with Gasteiger partial charge in [-0.1, -0.05) is 48.5 Å². The lowest BCUT2D eigenvalue weighted by Crippen LogP contribution is -2.47. The standard InChI is InChI=1S/C21H26N2/c1-17-7-5-6-10-21(17)23-13-11-22(12-14-23)16-19-15-20(19)18-8-3-2-4-9-18/h2-10,19-20H,11-16H2,1H3/t19-,20-/m1/s1. The highest BCUT2D eigenvalue weighted by atomic mass is 15.3. The number of hydrogen-bond acceptors (Lipinski definition) is 2. The minimum atomic E-state index is 0.811. The van der Waals surface area contributed by atoms with Crippen LogP contribution in [0.2, 0.25) is 0 Å². The van der Waals surface area contributed by atoms with Gasteiger partial charge in [0.05, 0.1) is 0 Å². The van der Waals surface area contributed by atoms with Crippen molar-refractivity contribution >= 4 is 5.69 Å². The molecule has 1 aliphatic carbocycles. The van der Waals surface area contributed by atoms with Gasteiger partial charge >= 0.3 is 0 Å². The predicted octanol–water partition coefficient (Wildman–Crippen LogP) is 3.92. The van der Waals surface area contributed by atoms with E-state index in [9.17, 15) is 0 Å². The fourth-order valence-electron chi connectivity index (χ4n) is 3.98. The smallest absolute Gasteiger partial charge is 0.0396 e. The molecular weight excluding hydrogens is 280 g/mol. The summed E-state index contributed by atoms with van der Waals surface area (Å²) >= 11 is 0. The van der Waals surface area contributed by atoms with Gasteiger partial charge in [0.15, 0.2) is 0 Å². The van der Waals surface area contributed by atoms with Gasteiger partial charge in [-0.2, -0.15) is 0 Å². The van der Waals surface area contributed by atoms with Crippen LogP contribution in [0.25, 0.3) is 0 Å². The number of aryl methyl sites for hydroxylation is 1. The minimum Gasteiger partial charge on any atom is -0.369 e. The molecule has 2 aromatic rings. The van der Waals surface area contributed by atoms with Gasteiger partial charge < -0.3 is 4.90 Å². The van der Waals surface area contributed by atoms with Crippen LogP contribution in [0.3, 0.4) is 0 Å². The van der Waals surface area contributed by atoms with E-state index < -0.39 is 0 Å². The molecule has 1 saturated carbocycles. The first kappa shape index (κ1) is 14.8. The summed E-state index contributed by atoms with van der Waals surface area (Å²) in [5.74, 6) is 1.69. The highest BCUT2D eigenvalue weighted by molar-refractivity contribution is 5.53. The Kier molecular flexibility index (Phi) is 4.09. The summed E-state index contributed by atoms with van der Waals surface area (Å²) in [6.45, 7) is 8.22. The van der Waals surface area contributed by atoms with Crippen molar-refractivity contribution in [1.29, 1.82) is 0 Å². The van der Waals surface area contributed by atoms with Gasteiger partial charge in [-0.25, -0.2) is 0 Å². The van der Waals surface area contributed by atoms with Crippen molar-refractivity contribution in [3.05, 3.63) is 65.7 Å². The van der Waals surface area contributed by atoms with E-state index in [-0.39, 0.29) is 0 Å². The molecular formula is C21H26N2. The molecule has 2 nitrogen and oxygen atoms in total. The first-order valence-corrected chi connectivity index (χ1v) is 8.89. The topological polar surface area (TPSA) is 6.48 Å². The van der Waals surface area contributed by atoms with Gasteiger partial charge in [0.1, 0.15) is 0 Å². The van der Waals surface area contributed by atoms with Crippen LogP contribution >= 0.6 is 0 Å². The molecule has 0 aromatic heterocycles. The lowest BCUT2D eigenvalue weighted by Gasteiger charge is -2.37. The first-order chi connectivity index (χ1) is 11.3. The summed E-state index contributed by atoms with van der Waals surface area (Å²) in [6, 6.07) is 19.8. The van der Waals surface area contributed by atoms with Crippen LogP contribution in [0.5, 0.6) is 0 Å². The van der Waals surface area contributed by atoms with E-state index in [0.29, 0.717) is 0 Å². The number of piperazine rings is 1.